The van der Waals surface area contributed by atoms with Crippen molar-refractivity contribution >= 4 is 29.3 Å². The Hall–Kier alpha value is -4.37. The molecule has 0 bridgehead atoms. The first kappa shape index (κ1) is 32.1. The normalized spacial score (nSPS) is 12.6. The molecule has 3 aromatic rings. The van der Waals surface area contributed by atoms with Crippen LogP contribution >= 0.6 is 0 Å². The summed E-state index contributed by atoms with van der Waals surface area (Å²) >= 11 is 0. The molecule has 3 aromatic carbocycles. The molecule has 0 spiro atoms. The molecule has 3 amide bonds. The third-order valence-electron chi connectivity index (χ3n) is 6.60. The summed E-state index contributed by atoms with van der Waals surface area (Å²) in [5.41, 5.74) is 4.92. The van der Waals surface area contributed by atoms with Crippen LogP contribution in [0.4, 0.5) is 16.2 Å². The van der Waals surface area contributed by atoms with E-state index < -0.39 is 35.7 Å². The van der Waals surface area contributed by atoms with E-state index in [1.807, 2.05) is 77.9 Å². The van der Waals surface area contributed by atoms with Gasteiger partial charge in [-0.1, -0.05) is 42.0 Å². The maximum atomic E-state index is 13.7. The number of rotatable bonds is 9. The van der Waals surface area contributed by atoms with Crippen molar-refractivity contribution < 1.29 is 28.6 Å². The Morgan fingerprint density at radius 1 is 0.857 bits per heavy atom. The fraction of sp³-hybridized carbons (Fsp3) is 0.364. The molecule has 9 heteroatoms. The Balaban J connectivity index is 2.01. The van der Waals surface area contributed by atoms with Crippen LogP contribution in [0.1, 0.15) is 54.7 Å². The molecule has 0 heterocycles. The zero-order valence-corrected chi connectivity index (χ0v) is 25.8. The van der Waals surface area contributed by atoms with Gasteiger partial charge in [-0.2, -0.15) is 0 Å². The van der Waals surface area contributed by atoms with Gasteiger partial charge >= 0.3 is 12.0 Å². The Morgan fingerprint density at radius 2 is 1.50 bits per heavy atom. The number of para-hydroxylation sites is 1. The molecule has 0 saturated heterocycles. The minimum atomic E-state index is -1.09. The first-order valence-electron chi connectivity index (χ1n) is 13.7. The van der Waals surface area contributed by atoms with Crippen LogP contribution in [-0.2, 0) is 14.3 Å². The first-order chi connectivity index (χ1) is 19.7. The third-order valence-corrected chi connectivity index (χ3v) is 6.60. The predicted molar refractivity (Wildman–Crippen MR) is 165 cm³/mol. The number of nitrogens with one attached hydrogen (secondary N) is 3. The van der Waals surface area contributed by atoms with Crippen LogP contribution in [0.5, 0.6) is 5.75 Å². The van der Waals surface area contributed by atoms with E-state index >= 15 is 0 Å². The molecule has 3 N–H and O–H groups in total. The zero-order chi connectivity index (χ0) is 31.2. The van der Waals surface area contributed by atoms with Gasteiger partial charge in [0.1, 0.15) is 5.75 Å². The standard InChI is InChI=1S/C33H41N3O6/c1-19-16-20(2)28(21(3)17-19)36-32(39)34-26-18-23(24-12-10-11-13-27(24)40-8)14-15-25(26)30(37)35-29(31(38)41-9)22(4)42-33(5,6)7/h10-18,22,29H,1-9H3,(H,35,37)(H2,34,36,39)/t22-,29+/m1/s1. The van der Waals surface area contributed by atoms with E-state index in [-0.39, 0.29) is 11.3 Å². The molecule has 0 fully saturated rings. The van der Waals surface area contributed by atoms with Gasteiger partial charge < -0.3 is 30.2 Å². The smallest absolute Gasteiger partial charge is 0.331 e. The van der Waals surface area contributed by atoms with Crippen LogP contribution in [0.25, 0.3) is 11.1 Å². The summed E-state index contributed by atoms with van der Waals surface area (Å²) in [6.07, 6.45) is -0.693. The lowest BCUT2D eigenvalue weighted by Crippen LogP contribution is -2.51. The number of hydrogen-bond donors (Lipinski definition) is 3. The summed E-state index contributed by atoms with van der Waals surface area (Å²) in [6, 6.07) is 14.9. The summed E-state index contributed by atoms with van der Waals surface area (Å²) in [5, 5.41) is 8.50. The molecular weight excluding hydrogens is 534 g/mol. The Kier molecular flexibility index (Phi) is 10.4. The summed E-state index contributed by atoms with van der Waals surface area (Å²) in [5.74, 6) is -0.599. The van der Waals surface area contributed by atoms with Crippen molar-refractivity contribution in [3.05, 3.63) is 76.9 Å². The highest BCUT2D eigenvalue weighted by molar-refractivity contribution is 6.08. The Labute approximate surface area is 247 Å². The monoisotopic (exact) mass is 575 g/mol. The summed E-state index contributed by atoms with van der Waals surface area (Å²) in [6.45, 7) is 13.1. The first-order valence-corrected chi connectivity index (χ1v) is 13.7. The molecule has 224 valence electrons. The van der Waals surface area contributed by atoms with Gasteiger partial charge in [-0.05, 0) is 83.4 Å². The summed E-state index contributed by atoms with van der Waals surface area (Å²) < 4.78 is 16.4. The molecule has 0 saturated carbocycles. The number of esters is 1. The van der Waals surface area contributed by atoms with Crippen molar-refractivity contribution in [3.8, 4) is 16.9 Å². The number of amides is 3. The van der Waals surface area contributed by atoms with E-state index in [4.69, 9.17) is 14.2 Å². The molecule has 9 nitrogen and oxygen atoms in total. The Morgan fingerprint density at radius 3 is 2.10 bits per heavy atom. The maximum absolute atomic E-state index is 13.7. The van der Waals surface area contributed by atoms with Crippen LogP contribution in [0, 0.1) is 20.8 Å². The molecule has 0 aromatic heterocycles. The fourth-order valence-electron chi connectivity index (χ4n) is 4.88. The number of ether oxygens (including phenoxy) is 3. The largest absolute Gasteiger partial charge is 0.496 e. The molecule has 0 aliphatic carbocycles. The average Bonchev–Trinajstić information content (AvgIpc) is 2.92. The SMILES string of the molecule is COC(=O)[C@@H](NC(=O)c1ccc(-c2ccccc2OC)cc1NC(=O)Nc1c(C)cc(C)cc1C)[C@@H](C)OC(C)(C)C. The Bertz CT molecular complexity index is 1440. The number of urea groups is 1. The maximum Gasteiger partial charge on any atom is 0.331 e. The minimum Gasteiger partial charge on any atom is -0.496 e. The van der Waals surface area contributed by atoms with Crippen molar-refractivity contribution in [1.82, 2.24) is 5.32 Å². The molecule has 3 rings (SSSR count). The van der Waals surface area contributed by atoms with Gasteiger partial charge in [0.15, 0.2) is 6.04 Å². The highest BCUT2D eigenvalue weighted by atomic mass is 16.5. The van der Waals surface area contributed by atoms with Gasteiger partial charge in [-0.25, -0.2) is 9.59 Å². The molecule has 0 aliphatic rings. The van der Waals surface area contributed by atoms with E-state index in [0.29, 0.717) is 11.4 Å². The number of carbonyl (C=O) groups excluding carboxylic acids is 3. The van der Waals surface area contributed by atoms with E-state index in [1.165, 1.54) is 7.11 Å². The second-order valence-corrected chi connectivity index (χ2v) is 11.2. The summed E-state index contributed by atoms with van der Waals surface area (Å²) in [7, 11) is 2.83. The van der Waals surface area contributed by atoms with Crippen LogP contribution in [0.3, 0.4) is 0 Å². The topological polar surface area (TPSA) is 115 Å². The molecule has 2 atom stereocenters. The lowest BCUT2D eigenvalue weighted by molar-refractivity contribution is -0.150. The molecule has 0 radical (unpaired) electrons. The fourth-order valence-corrected chi connectivity index (χ4v) is 4.88. The zero-order valence-electron chi connectivity index (χ0n) is 25.8. The van der Waals surface area contributed by atoms with Gasteiger partial charge in [0.2, 0.25) is 0 Å². The van der Waals surface area contributed by atoms with Gasteiger partial charge in [0, 0.05) is 11.3 Å². The van der Waals surface area contributed by atoms with E-state index in [2.05, 4.69) is 16.0 Å². The van der Waals surface area contributed by atoms with Gasteiger partial charge in [-0.3, -0.25) is 4.79 Å². The molecular formula is C33H41N3O6. The van der Waals surface area contributed by atoms with E-state index in [9.17, 15) is 14.4 Å². The van der Waals surface area contributed by atoms with Crippen molar-refractivity contribution in [2.45, 2.75) is 66.2 Å². The highest BCUT2D eigenvalue weighted by Crippen LogP contribution is 2.33. The van der Waals surface area contributed by atoms with Crippen LogP contribution < -0.4 is 20.7 Å². The minimum absolute atomic E-state index is 0.151. The molecule has 0 unspecified atom stereocenters. The van der Waals surface area contributed by atoms with Crippen LogP contribution in [0.2, 0.25) is 0 Å². The van der Waals surface area contributed by atoms with Crippen molar-refractivity contribution in [3.63, 3.8) is 0 Å². The van der Waals surface area contributed by atoms with E-state index in [1.54, 1.807) is 32.2 Å². The third kappa shape index (κ3) is 8.10. The number of hydrogen-bond acceptors (Lipinski definition) is 6. The highest BCUT2D eigenvalue weighted by Gasteiger charge is 2.32. The number of methoxy groups -OCH3 is 2. The van der Waals surface area contributed by atoms with E-state index in [0.717, 1.165) is 27.8 Å². The number of benzene rings is 3. The second kappa shape index (κ2) is 13.5. The van der Waals surface area contributed by atoms with Crippen molar-refractivity contribution in [2.75, 3.05) is 24.9 Å². The average molecular weight is 576 g/mol. The number of aryl methyl sites for hydroxylation is 3. The van der Waals surface area contributed by atoms with Gasteiger partial charge in [0.05, 0.1) is 37.2 Å². The number of carbonyl (C=O) groups is 3. The molecule has 0 aliphatic heterocycles. The molecule has 42 heavy (non-hydrogen) atoms. The van der Waals surface area contributed by atoms with Crippen LogP contribution in [0.15, 0.2) is 54.6 Å². The van der Waals surface area contributed by atoms with Crippen molar-refractivity contribution in [1.29, 1.82) is 0 Å². The quantitative estimate of drug-likeness (QED) is 0.254. The summed E-state index contributed by atoms with van der Waals surface area (Å²) in [4.78, 5) is 39.6. The van der Waals surface area contributed by atoms with Crippen molar-refractivity contribution in [2.24, 2.45) is 0 Å². The van der Waals surface area contributed by atoms with Gasteiger partial charge in [-0.15, -0.1) is 0 Å². The lowest BCUT2D eigenvalue weighted by atomic mass is 10.0. The second-order valence-electron chi connectivity index (χ2n) is 11.2. The predicted octanol–water partition coefficient (Wildman–Crippen LogP) is 6.41. The lowest BCUT2D eigenvalue weighted by Gasteiger charge is -2.30. The number of anilines is 2. The van der Waals surface area contributed by atoms with Crippen LogP contribution in [-0.4, -0.2) is 49.9 Å². The van der Waals surface area contributed by atoms with Gasteiger partial charge in [0.25, 0.3) is 5.91 Å².